The smallest absolute Gasteiger partial charge is 0.279 e. The number of hydrogen-bond donors (Lipinski definition) is 2. The number of piperidine rings is 1. The highest BCUT2D eigenvalue weighted by molar-refractivity contribution is 7.87. The van der Waals surface area contributed by atoms with E-state index in [1.54, 1.807) is 4.31 Å². The molecule has 0 aliphatic carbocycles. The summed E-state index contributed by atoms with van der Waals surface area (Å²) in [6.07, 6.45) is 3.88. The van der Waals surface area contributed by atoms with Gasteiger partial charge >= 0.3 is 0 Å². The second-order valence-electron chi connectivity index (χ2n) is 6.41. The van der Waals surface area contributed by atoms with Gasteiger partial charge in [-0.1, -0.05) is 20.3 Å². The highest BCUT2D eigenvalue weighted by Gasteiger charge is 2.32. The summed E-state index contributed by atoms with van der Waals surface area (Å²) in [4.78, 5) is 0. The minimum absolute atomic E-state index is 0.373. The Bertz CT molecular complexity index is 382. The topological polar surface area (TPSA) is 61.4 Å². The van der Waals surface area contributed by atoms with Gasteiger partial charge in [-0.2, -0.15) is 17.4 Å². The molecule has 1 heterocycles. The van der Waals surface area contributed by atoms with Gasteiger partial charge in [0.05, 0.1) is 0 Å². The van der Waals surface area contributed by atoms with E-state index in [0.717, 1.165) is 38.8 Å². The molecule has 120 valence electrons. The molecule has 1 aliphatic heterocycles. The van der Waals surface area contributed by atoms with Crippen LogP contribution in [0.15, 0.2) is 0 Å². The molecule has 1 saturated heterocycles. The molecule has 20 heavy (non-hydrogen) atoms. The van der Waals surface area contributed by atoms with Crippen LogP contribution in [0.3, 0.4) is 0 Å². The zero-order chi connectivity index (χ0) is 15.2. The average molecular weight is 305 g/mol. The lowest BCUT2D eigenvalue weighted by Gasteiger charge is -2.35. The third-order valence-electron chi connectivity index (χ3n) is 3.78. The van der Waals surface area contributed by atoms with Crippen molar-refractivity contribution in [2.75, 3.05) is 26.2 Å². The standard InChI is InChI=1S/C14H31N3O2S/c1-5-9-14(3,4)16-20(18,19)17-10-7-8-13(12-17)11-15-6-2/h13,15-16H,5-12H2,1-4H3. The van der Waals surface area contributed by atoms with E-state index in [9.17, 15) is 8.42 Å². The molecule has 0 aromatic heterocycles. The maximum Gasteiger partial charge on any atom is 0.279 e. The van der Waals surface area contributed by atoms with E-state index in [0.29, 0.717) is 19.0 Å². The van der Waals surface area contributed by atoms with E-state index < -0.39 is 10.2 Å². The van der Waals surface area contributed by atoms with Crippen LogP contribution in [0.5, 0.6) is 0 Å². The minimum atomic E-state index is -3.37. The molecule has 0 amide bonds. The zero-order valence-electron chi connectivity index (χ0n) is 13.4. The first-order valence-electron chi connectivity index (χ1n) is 7.80. The molecule has 6 heteroatoms. The quantitative estimate of drug-likeness (QED) is 0.718. The first kappa shape index (κ1) is 17.9. The predicted octanol–water partition coefficient (Wildman–Crippen LogP) is 1.72. The van der Waals surface area contributed by atoms with Gasteiger partial charge in [-0.15, -0.1) is 0 Å². The zero-order valence-corrected chi connectivity index (χ0v) is 14.2. The van der Waals surface area contributed by atoms with E-state index in [2.05, 4.69) is 23.9 Å². The summed E-state index contributed by atoms with van der Waals surface area (Å²) < 4.78 is 29.5. The van der Waals surface area contributed by atoms with Gasteiger partial charge in [0.1, 0.15) is 0 Å². The number of hydrogen-bond acceptors (Lipinski definition) is 3. The Labute approximate surface area is 124 Å². The fourth-order valence-corrected chi connectivity index (χ4v) is 4.56. The van der Waals surface area contributed by atoms with Crippen LogP contribution in [0.4, 0.5) is 0 Å². The Morgan fingerprint density at radius 1 is 1.30 bits per heavy atom. The van der Waals surface area contributed by atoms with Gasteiger partial charge in [0.2, 0.25) is 0 Å². The molecular formula is C14H31N3O2S. The molecule has 0 saturated carbocycles. The summed E-state index contributed by atoms with van der Waals surface area (Å²) in [7, 11) is -3.37. The summed E-state index contributed by atoms with van der Waals surface area (Å²) in [6, 6.07) is 0. The lowest BCUT2D eigenvalue weighted by Crippen LogP contribution is -2.53. The Morgan fingerprint density at radius 3 is 2.60 bits per heavy atom. The second kappa shape index (κ2) is 7.73. The van der Waals surface area contributed by atoms with Crippen molar-refractivity contribution in [1.29, 1.82) is 0 Å². The van der Waals surface area contributed by atoms with Crippen LogP contribution >= 0.6 is 0 Å². The van der Waals surface area contributed by atoms with Crippen molar-refractivity contribution in [3.8, 4) is 0 Å². The van der Waals surface area contributed by atoms with E-state index in [4.69, 9.17) is 0 Å². The van der Waals surface area contributed by atoms with Crippen molar-refractivity contribution >= 4 is 10.2 Å². The fourth-order valence-electron chi connectivity index (χ4n) is 2.85. The van der Waals surface area contributed by atoms with Crippen LogP contribution in [0, 0.1) is 5.92 Å². The molecule has 0 aromatic rings. The molecule has 1 unspecified atom stereocenters. The Morgan fingerprint density at radius 2 is 2.00 bits per heavy atom. The first-order valence-corrected chi connectivity index (χ1v) is 9.24. The number of nitrogens with one attached hydrogen (secondary N) is 2. The van der Waals surface area contributed by atoms with Gasteiger partial charge in [0, 0.05) is 18.6 Å². The van der Waals surface area contributed by atoms with Gasteiger partial charge in [-0.05, 0) is 52.1 Å². The molecule has 0 radical (unpaired) electrons. The van der Waals surface area contributed by atoms with Crippen molar-refractivity contribution in [2.45, 2.75) is 58.9 Å². The molecule has 1 fully saturated rings. The lowest BCUT2D eigenvalue weighted by molar-refractivity contribution is 0.253. The molecule has 5 nitrogen and oxygen atoms in total. The summed E-state index contributed by atoms with van der Waals surface area (Å²) in [6.45, 7) is 11.2. The van der Waals surface area contributed by atoms with Crippen LogP contribution in [0.25, 0.3) is 0 Å². The minimum Gasteiger partial charge on any atom is -0.317 e. The van der Waals surface area contributed by atoms with Gasteiger partial charge in [0.25, 0.3) is 10.2 Å². The molecule has 1 rings (SSSR count). The normalized spacial score (nSPS) is 22.1. The summed E-state index contributed by atoms with van der Waals surface area (Å²) in [5.41, 5.74) is -0.373. The molecule has 1 aliphatic rings. The van der Waals surface area contributed by atoms with Gasteiger partial charge in [-0.3, -0.25) is 0 Å². The molecule has 1 atom stereocenters. The first-order chi connectivity index (χ1) is 9.30. The van der Waals surface area contributed by atoms with Gasteiger partial charge in [-0.25, -0.2) is 0 Å². The third-order valence-corrected chi connectivity index (χ3v) is 5.61. The third kappa shape index (κ3) is 5.68. The summed E-state index contributed by atoms with van der Waals surface area (Å²) >= 11 is 0. The van der Waals surface area contributed by atoms with Crippen LogP contribution < -0.4 is 10.0 Å². The average Bonchev–Trinajstić information content (AvgIpc) is 2.35. The molecular weight excluding hydrogens is 274 g/mol. The molecule has 0 bridgehead atoms. The lowest BCUT2D eigenvalue weighted by atomic mass is 10.00. The highest BCUT2D eigenvalue weighted by atomic mass is 32.2. The number of nitrogens with zero attached hydrogens (tertiary/aromatic N) is 1. The predicted molar refractivity (Wildman–Crippen MR) is 83.9 cm³/mol. The van der Waals surface area contributed by atoms with E-state index in [1.807, 2.05) is 13.8 Å². The van der Waals surface area contributed by atoms with Crippen molar-refractivity contribution in [1.82, 2.24) is 14.3 Å². The van der Waals surface area contributed by atoms with Crippen molar-refractivity contribution < 1.29 is 8.42 Å². The van der Waals surface area contributed by atoms with Crippen LogP contribution in [0.1, 0.15) is 53.4 Å². The van der Waals surface area contributed by atoms with E-state index in [1.165, 1.54) is 0 Å². The summed E-state index contributed by atoms with van der Waals surface area (Å²) in [5, 5.41) is 3.32. The van der Waals surface area contributed by atoms with Crippen LogP contribution in [-0.2, 0) is 10.2 Å². The van der Waals surface area contributed by atoms with Crippen molar-refractivity contribution in [3.63, 3.8) is 0 Å². The van der Waals surface area contributed by atoms with Crippen LogP contribution in [0.2, 0.25) is 0 Å². The highest BCUT2D eigenvalue weighted by Crippen LogP contribution is 2.20. The SMILES string of the molecule is CCCC(C)(C)NS(=O)(=O)N1CCCC(CNCC)C1. The monoisotopic (exact) mass is 305 g/mol. The molecule has 2 N–H and O–H groups in total. The van der Waals surface area contributed by atoms with E-state index >= 15 is 0 Å². The largest absolute Gasteiger partial charge is 0.317 e. The maximum absolute atomic E-state index is 12.5. The Kier molecular flexibility index (Phi) is 6.91. The molecule has 0 aromatic carbocycles. The number of rotatable bonds is 8. The van der Waals surface area contributed by atoms with Gasteiger partial charge in [0.15, 0.2) is 0 Å². The van der Waals surface area contributed by atoms with Crippen LogP contribution in [-0.4, -0.2) is 44.4 Å². The van der Waals surface area contributed by atoms with E-state index in [-0.39, 0.29) is 5.54 Å². The Balaban J connectivity index is 2.62. The fraction of sp³-hybridized carbons (Fsp3) is 1.00. The summed E-state index contributed by atoms with van der Waals surface area (Å²) in [5.74, 6) is 0.426. The maximum atomic E-state index is 12.5. The molecule has 0 spiro atoms. The second-order valence-corrected chi connectivity index (χ2v) is 8.09. The van der Waals surface area contributed by atoms with Crippen molar-refractivity contribution in [3.05, 3.63) is 0 Å². The van der Waals surface area contributed by atoms with Crippen molar-refractivity contribution in [2.24, 2.45) is 5.92 Å². The van der Waals surface area contributed by atoms with Gasteiger partial charge < -0.3 is 5.32 Å². The Hall–Kier alpha value is -0.170.